The number of aromatic nitrogens is 1. The fourth-order valence-corrected chi connectivity index (χ4v) is 4.80. The molecule has 1 saturated heterocycles. The topological polar surface area (TPSA) is 83.9 Å². The number of benzene rings is 2. The summed E-state index contributed by atoms with van der Waals surface area (Å²) in [7, 11) is 3.22. The van der Waals surface area contributed by atoms with Gasteiger partial charge in [0, 0.05) is 36.5 Å². The highest BCUT2D eigenvalue weighted by Gasteiger charge is 2.37. The lowest BCUT2D eigenvalue weighted by Crippen LogP contribution is -2.43. The van der Waals surface area contributed by atoms with Crippen molar-refractivity contribution in [3.8, 4) is 22.8 Å². The van der Waals surface area contributed by atoms with Crippen LogP contribution in [0.4, 0.5) is 5.13 Å². The van der Waals surface area contributed by atoms with E-state index >= 15 is 0 Å². The van der Waals surface area contributed by atoms with Gasteiger partial charge < -0.3 is 24.8 Å². The smallest absolute Gasteiger partial charge is 0.243 e. The number of carbonyl (C=O) groups is 1. The van der Waals surface area contributed by atoms with E-state index in [1.54, 1.807) is 14.2 Å². The van der Waals surface area contributed by atoms with E-state index in [0.29, 0.717) is 36.1 Å². The number of anilines is 1. The first-order valence-electron chi connectivity index (χ1n) is 10.4. The lowest BCUT2D eigenvalue weighted by molar-refractivity contribution is -0.122. The first-order valence-corrected chi connectivity index (χ1v) is 11.3. The maximum absolute atomic E-state index is 13.0. The molecule has 2 atom stereocenters. The molecule has 32 heavy (non-hydrogen) atoms. The number of nitrogens with one attached hydrogen (secondary N) is 1. The van der Waals surface area contributed by atoms with Crippen LogP contribution in [0.2, 0.25) is 0 Å². The van der Waals surface area contributed by atoms with Crippen LogP contribution in [0.1, 0.15) is 17.5 Å². The van der Waals surface area contributed by atoms with Gasteiger partial charge in [0.05, 0.1) is 26.0 Å². The van der Waals surface area contributed by atoms with Gasteiger partial charge in [0.1, 0.15) is 17.5 Å². The third-order valence-electron chi connectivity index (χ3n) is 5.72. The molecule has 0 spiro atoms. The molecule has 8 heteroatoms. The van der Waals surface area contributed by atoms with Crippen molar-refractivity contribution in [1.82, 2.24) is 10.3 Å². The Labute approximate surface area is 191 Å². The van der Waals surface area contributed by atoms with Gasteiger partial charge in [-0.25, -0.2) is 4.98 Å². The molecule has 2 aromatic carbocycles. The standard InChI is InChI=1S/C24H27N3O4S/c1-15-6-4-5-7-16(15)12-25-23(29)21-10-17(28)13-27(21)24-26-20(14-32-24)19-9-8-18(30-2)11-22(19)31-3/h4-9,11,14,17,21,28H,10,12-13H2,1-3H3,(H,25,29)/t17?,21-/m0/s1. The van der Waals surface area contributed by atoms with Crippen molar-refractivity contribution in [1.29, 1.82) is 0 Å². The molecule has 1 aliphatic rings. The molecule has 168 valence electrons. The van der Waals surface area contributed by atoms with Crippen LogP contribution in [-0.4, -0.2) is 48.9 Å². The molecule has 0 radical (unpaired) electrons. The van der Waals surface area contributed by atoms with Crippen LogP contribution in [0.15, 0.2) is 47.8 Å². The van der Waals surface area contributed by atoms with Crippen molar-refractivity contribution in [2.45, 2.75) is 32.0 Å². The molecule has 1 aromatic heterocycles. The monoisotopic (exact) mass is 453 g/mol. The van der Waals surface area contributed by atoms with E-state index in [1.165, 1.54) is 11.3 Å². The summed E-state index contributed by atoms with van der Waals surface area (Å²) in [6.07, 6.45) is -0.201. The van der Waals surface area contributed by atoms with Crippen molar-refractivity contribution >= 4 is 22.4 Å². The Balaban J connectivity index is 1.52. The number of aryl methyl sites for hydroxylation is 1. The highest BCUT2D eigenvalue weighted by molar-refractivity contribution is 7.14. The molecule has 0 bridgehead atoms. The average molecular weight is 454 g/mol. The van der Waals surface area contributed by atoms with Crippen molar-refractivity contribution in [3.63, 3.8) is 0 Å². The van der Waals surface area contributed by atoms with E-state index in [-0.39, 0.29) is 5.91 Å². The summed E-state index contributed by atoms with van der Waals surface area (Å²) in [6, 6.07) is 13.1. The molecule has 1 fully saturated rings. The van der Waals surface area contributed by atoms with Gasteiger partial charge in [0.2, 0.25) is 5.91 Å². The zero-order valence-corrected chi connectivity index (χ0v) is 19.2. The quantitative estimate of drug-likeness (QED) is 0.571. The van der Waals surface area contributed by atoms with Gasteiger partial charge in [-0.1, -0.05) is 24.3 Å². The molecule has 4 rings (SSSR count). The third kappa shape index (κ3) is 4.56. The molecule has 1 aliphatic heterocycles. The number of aliphatic hydroxyl groups excluding tert-OH is 1. The van der Waals surface area contributed by atoms with Gasteiger partial charge in [0.25, 0.3) is 0 Å². The van der Waals surface area contributed by atoms with Gasteiger partial charge in [-0.2, -0.15) is 0 Å². The second kappa shape index (κ2) is 9.58. The zero-order valence-electron chi connectivity index (χ0n) is 18.4. The van der Waals surface area contributed by atoms with Crippen molar-refractivity contribution in [3.05, 3.63) is 59.0 Å². The minimum atomic E-state index is -0.577. The van der Waals surface area contributed by atoms with Gasteiger partial charge in [-0.05, 0) is 30.2 Å². The highest BCUT2D eigenvalue weighted by Crippen LogP contribution is 2.37. The largest absolute Gasteiger partial charge is 0.497 e. The maximum atomic E-state index is 13.0. The number of methoxy groups -OCH3 is 2. The lowest BCUT2D eigenvalue weighted by atomic mass is 10.1. The molecule has 0 aliphatic carbocycles. The van der Waals surface area contributed by atoms with Crippen LogP contribution in [-0.2, 0) is 11.3 Å². The summed E-state index contributed by atoms with van der Waals surface area (Å²) in [5, 5.41) is 16.0. The van der Waals surface area contributed by atoms with E-state index in [4.69, 9.17) is 14.5 Å². The molecule has 2 N–H and O–H groups in total. The molecule has 7 nitrogen and oxygen atoms in total. The Morgan fingerprint density at radius 2 is 2.06 bits per heavy atom. The summed E-state index contributed by atoms with van der Waals surface area (Å²) < 4.78 is 10.8. The first kappa shape index (κ1) is 22.1. The number of hydrogen-bond acceptors (Lipinski definition) is 7. The Morgan fingerprint density at radius 1 is 1.25 bits per heavy atom. The fraction of sp³-hybridized carbons (Fsp3) is 0.333. The number of rotatable bonds is 7. The second-order valence-electron chi connectivity index (χ2n) is 7.78. The van der Waals surface area contributed by atoms with Gasteiger partial charge in [-0.15, -0.1) is 11.3 Å². The van der Waals surface area contributed by atoms with Crippen LogP contribution in [0.3, 0.4) is 0 Å². The maximum Gasteiger partial charge on any atom is 0.243 e. The van der Waals surface area contributed by atoms with Crippen molar-refractivity contribution in [2.24, 2.45) is 0 Å². The highest BCUT2D eigenvalue weighted by atomic mass is 32.1. The molecular formula is C24H27N3O4S. The van der Waals surface area contributed by atoms with E-state index in [1.807, 2.05) is 59.7 Å². The predicted octanol–water partition coefficient (Wildman–Crippen LogP) is 3.39. The molecule has 0 saturated carbocycles. The van der Waals surface area contributed by atoms with E-state index in [2.05, 4.69) is 5.32 Å². The average Bonchev–Trinajstić information content (AvgIpc) is 3.44. The zero-order chi connectivity index (χ0) is 22.7. The minimum Gasteiger partial charge on any atom is -0.497 e. The van der Waals surface area contributed by atoms with E-state index in [0.717, 1.165) is 22.4 Å². The van der Waals surface area contributed by atoms with Gasteiger partial charge in [0.15, 0.2) is 5.13 Å². The summed E-state index contributed by atoms with van der Waals surface area (Å²) in [5.41, 5.74) is 3.81. The van der Waals surface area contributed by atoms with Crippen molar-refractivity contribution in [2.75, 3.05) is 25.7 Å². The number of ether oxygens (including phenoxy) is 2. The van der Waals surface area contributed by atoms with Gasteiger partial charge >= 0.3 is 0 Å². The second-order valence-corrected chi connectivity index (χ2v) is 8.62. The summed E-state index contributed by atoms with van der Waals surface area (Å²) in [4.78, 5) is 19.6. The Morgan fingerprint density at radius 3 is 2.81 bits per heavy atom. The van der Waals surface area contributed by atoms with Crippen LogP contribution in [0.25, 0.3) is 11.3 Å². The number of carbonyl (C=O) groups excluding carboxylic acids is 1. The first-order chi connectivity index (χ1) is 15.5. The van der Waals surface area contributed by atoms with Crippen LogP contribution in [0.5, 0.6) is 11.5 Å². The molecule has 3 aromatic rings. The Kier molecular flexibility index (Phi) is 6.62. The predicted molar refractivity (Wildman–Crippen MR) is 125 cm³/mol. The number of thiazole rings is 1. The molecule has 1 amide bonds. The molecule has 1 unspecified atom stereocenters. The summed E-state index contributed by atoms with van der Waals surface area (Å²) >= 11 is 1.45. The van der Waals surface area contributed by atoms with Crippen LogP contribution >= 0.6 is 11.3 Å². The number of hydrogen-bond donors (Lipinski definition) is 2. The number of aliphatic hydroxyl groups is 1. The molecular weight excluding hydrogens is 426 g/mol. The van der Waals surface area contributed by atoms with Crippen molar-refractivity contribution < 1.29 is 19.4 Å². The normalized spacial score (nSPS) is 17.9. The fourth-order valence-electron chi connectivity index (χ4n) is 3.91. The number of β-amino-alcohol motifs (C(OH)–C–C–N with tert-alkyl or cyclic N) is 1. The summed E-state index contributed by atoms with van der Waals surface area (Å²) in [6.45, 7) is 2.85. The number of amides is 1. The van der Waals surface area contributed by atoms with E-state index < -0.39 is 12.1 Å². The lowest BCUT2D eigenvalue weighted by Gasteiger charge is -2.23. The third-order valence-corrected chi connectivity index (χ3v) is 6.60. The molecule has 2 heterocycles. The Hall–Kier alpha value is -3.10. The Bertz CT molecular complexity index is 1100. The number of nitrogens with zero attached hydrogens (tertiary/aromatic N) is 2. The van der Waals surface area contributed by atoms with Crippen LogP contribution in [0, 0.1) is 6.92 Å². The van der Waals surface area contributed by atoms with E-state index in [9.17, 15) is 9.90 Å². The SMILES string of the molecule is COc1ccc(-c2csc(N3CC(O)C[C@H]3C(=O)NCc3ccccc3C)n2)c(OC)c1. The van der Waals surface area contributed by atoms with Gasteiger partial charge in [-0.3, -0.25) is 4.79 Å². The minimum absolute atomic E-state index is 0.108. The van der Waals surface area contributed by atoms with Crippen LogP contribution < -0.4 is 19.7 Å². The summed E-state index contributed by atoms with van der Waals surface area (Å²) in [5.74, 6) is 1.26.